The van der Waals surface area contributed by atoms with Gasteiger partial charge in [0.1, 0.15) is 18.1 Å². The molecule has 0 fully saturated rings. The van der Waals surface area contributed by atoms with Crippen LogP contribution in [0.4, 0.5) is 0 Å². The van der Waals surface area contributed by atoms with Crippen LogP contribution in [0.2, 0.25) is 0 Å². The Morgan fingerprint density at radius 2 is 1.50 bits per heavy atom. The summed E-state index contributed by atoms with van der Waals surface area (Å²) in [5.41, 5.74) is 11.2. The molecule has 0 saturated heterocycles. The van der Waals surface area contributed by atoms with Crippen molar-refractivity contribution < 1.29 is 34.2 Å². The second-order valence-electron chi connectivity index (χ2n) is 8.10. The minimum atomic E-state index is -1.46. The maximum atomic E-state index is 12.8. The molecule has 5 atom stereocenters. The van der Waals surface area contributed by atoms with Crippen molar-refractivity contribution in [2.75, 3.05) is 18.6 Å². The van der Waals surface area contributed by atoms with Crippen molar-refractivity contribution in [3.8, 4) is 0 Å². The number of carbonyl (C=O) groups excluding carboxylic acids is 3. The Labute approximate surface area is 204 Å². The lowest BCUT2D eigenvalue weighted by molar-refractivity contribution is -0.144. The second-order valence-corrected chi connectivity index (χ2v) is 9.09. The quantitative estimate of drug-likeness (QED) is 0.116. The normalized spacial score (nSPS) is 15.3. The van der Waals surface area contributed by atoms with E-state index in [-0.39, 0.29) is 12.3 Å². The number of unbranched alkanes of at least 4 members (excludes halogenated alkanes) is 1. The first kappa shape index (κ1) is 31.6. The van der Waals surface area contributed by atoms with Crippen LogP contribution >= 0.6 is 11.8 Å². The van der Waals surface area contributed by atoms with Gasteiger partial charge >= 0.3 is 11.9 Å². The molecule has 0 aromatic rings. The van der Waals surface area contributed by atoms with E-state index in [9.17, 15) is 34.2 Å². The van der Waals surface area contributed by atoms with Crippen molar-refractivity contribution >= 4 is 41.4 Å². The highest BCUT2D eigenvalue weighted by atomic mass is 32.2. The lowest BCUT2D eigenvalue weighted by atomic mass is 9.98. The van der Waals surface area contributed by atoms with Gasteiger partial charge in [-0.25, -0.2) is 4.79 Å². The van der Waals surface area contributed by atoms with Gasteiger partial charge in [0.05, 0.1) is 12.5 Å². The number of carboxylic acids is 2. The highest BCUT2D eigenvalue weighted by Gasteiger charge is 2.32. The monoisotopic (exact) mass is 505 g/mol. The fourth-order valence-corrected chi connectivity index (χ4v) is 3.49. The van der Waals surface area contributed by atoms with E-state index < -0.39 is 60.2 Å². The van der Waals surface area contributed by atoms with Gasteiger partial charge in [-0.1, -0.05) is 26.7 Å². The molecule has 196 valence electrons. The Morgan fingerprint density at radius 3 is 2.00 bits per heavy atom. The first-order valence-corrected chi connectivity index (χ1v) is 12.7. The molecule has 13 heteroatoms. The average molecular weight is 506 g/mol. The summed E-state index contributed by atoms with van der Waals surface area (Å²) >= 11 is 1.42. The van der Waals surface area contributed by atoms with E-state index in [4.69, 9.17) is 11.5 Å². The van der Waals surface area contributed by atoms with Crippen LogP contribution in [0.3, 0.4) is 0 Å². The summed E-state index contributed by atoms with van der Waals surface area (Å²) in [7, 11) is 0. The maximum Gasteiger partial charge on any atom is 0.326 e. The summed E-state index contributed by atoms with van der Waals surface area (Å²) in [6.07, 6.45) is 3.35. The molecule has 12 nitrogen and oxygen atoms in total. The largest absolute Gasteiger partial charge is 0.481 e. The molecule has 0 aliphatic heterocycles. The number of hydrogen-bond donors (Lipinski definition) is 7. The summed E-state index contributed by atoms with van der Waals surface area (Å²) in [6, 6.07) is -4.66. The van der Waals surface area contributed by atoms with Crippen molar-refractivity contribution in [2.45, 2.75) is 76.5 Å². The van der Waals surface area contributed by atoms with Gasteiger partial charge in [-0.05, 0) is 43.7 Å². The van der Waals surface area contributed by atoms with E-state index >= 15 is 0 Å². The van der Waals surface area contributed by atoms with E-state index in [1.807, 2.05) is 0 Å². The van der Waals surface area contributed by atoms with Gasteiger partial charge in [0.25, 0.3) is 0 Å². The third kappa shape index (κ3) is 12.2. The van der Waals surface area contributed by atoms with Crippen molar-refractivity contribution in [2.24, 2.45) is 17.4 Å². The molecule has 9 N–H and O–H groups in total. The van der Waals surface area contributed by atoms with Crippen LogP contribution in [0.15, 0.2) is 0 Å². The summed E-state index contributed by atoms with van der Waals surface area (Å²) in [5.74, 6) is -4.66. The third-order valence-electron chi connectivity index (χ3n) is 5.34. The molecule has 34 heavy (non-hydrogen) atoms. The summed E-state index contributed by atoms with van der Waals surface area (Å²) in [6.45, 7) is 3.92. The number of hydrogen-bond acceptors (Lipinski definition) is 8. The number of rotatable bonds is 18. The number of amides is 3. The number of nitrogens with two attached hydrogens (primary N) is 2. The highest BCUT2D eigenvalue weighted by Crippen LogP contribution is 2.10. The third-order valence-corrected chi connectivity index (χ3v) is 5.98. The van der Waals surface area contributed by atoms with Crippen LogP contribution in [0.5, 0.6) is 0 Å². The zero-order chi connectivity index (χ0) is 26.3. The Kier molecular flexibility index (Phi) is 15.9. The van der Waals surface area contributed by atoms with Gasteiger partial charge in [0.15, 0.2) is 0 Å². The molecule has 5 unspecified atom stereocenters. The number of carbonyl (C=O) groups is 5. The fourth-order valence-electron chi connectivity index (χ4n) is 3.02. The van der Waals surface area contributed by atoms with E-state index in [1.54, 1.807) is 20.1 Å². The predicted octanol–water partition coefficient (Wildman–Crippen LogP) is -0.744. The Bertz CT molecular complexity index is 694. The number of nitrogens with one attached hydrogen (secondary N) is 3. The molecular weight excluding hydrogens is 466 g/mol. The first-order chi connectivity index (χ1) is 16.0. The smallest absolute Gasteiger partial charge is 0.326 e. The molecule has 0 radical (unpaired) electrons. The molecule has 0 rings (SSSR count). The van der Waals surface area contributed by atoms with Crippen LogP contribution in [-0.2, 0) is 24.0 Å². The van der Waals surface area contributed by atoms with Crippen LogP contribution in [0.25, 0.3) is 0 Å². The summed E-state index contributed by atoms with van der Waals surface area (Å²) < 4.78 is 0. The molecule has 0 heterocycles. The first-order valence-electron chi connectivity index (χ1n) is 11.3. The van der Waals surface area contributed by atoms with E-state index in [0.717, 1.165) is 0 Å². The van der Waals surface area contributed by atoms with E-state index in [1.165, 1.54) is 11.8 Å². The van der Waals surface area contributed by atoms with Crippen LogP contribution in [0, 0.1) is 5.92 Å². The van der Waals surface area contributed by atoms with Gasteiger partial charge in [0.2, 0.25) is 17.7 Å². The molecule has 3 amide bonds. The molecule has 0 saturated carbocycles. The van der Waals surface area contributed by atoms with Crippen LogP contribution < -0.4 is 27.4 Å². The zero-order valence-corrected chi connectivity index (χ0v) is 20.9. The second kappa shape index (κ2) is 17.1. The van der Waals surface area contributed by atoms with Crippen molar-refractivity contribution in [3.05, 3.63) is 0 Å². The van der Waals surface area contributed by atoms with E-state index in [0.29, 0.717) is 38.0 Å². The van der Waals surface area contributed by atoms with E-state index in [2.05, 4.69) is 16.0 Å². The van der Waals surface area contributed by atoms with Gasteiger partial charge in [-0.3, -0.25) is 19.2 Å². The van der Waals surface area contributed by atoms with Crippen molar-refractivity contribution in [1.82, 2.24) is 16.0 Å². The van der Waals surface area contributed by atoms with Gasteiger partial charge in [-0.15, -0.1) is 0 Å². The number of aliphatic carboxylic acids is 2. The average Bonchev–Trinajstić information content (AvgIpc) is 2.78. The van der Waals surface area contributed by atoms with Gasteiger partial charge < -0.3 is 37.6 Å². The Balaban J connectivity index is 5.44. The predicted molar refractivity (Wildman–Crippen MR) is 129 cm³/mol. The summed E-state index contributed by atoms with van der Waals surface area (Å²) in [4.78, 5) is 60.8. The van der Waals surface area contributed by atoms with Gasteiger partial charge in [0, 0.05) is 0 Å². The number of carboxylic acid groups (broad SMARTS) is 2. The van der Waals surface area contributed by atoms with Gasteiger partial charge in [-0.2, -0.15) is 11.8 Å². The highest BCUT2D eigenvalue weighted by molar-refractivity contribution is 7.98. The maximum absolute atomic E-state index is 12.8. The standard InChI is InChI=1S/C21H39N5O7S/c1-4-12(2)17(21(32)33)26-19(30)14(8-10-34-3)24-20(31)15(11-16(27)28)25-18(29)13(23)7-5-6-9-22/h12-15,17H,4-11,22-23H2,1-3H3,(H,24,31)(H,25,29)(H,26,30)(H,27,28)(H,32,33). The van der Waals surface area contributed by atoms with Crippen molar-refractivity contribution in [1.29, 1.82) is 0 Å². The zero-order valence-electron chi connectivity index (χ0n) is 20.0. The van der Waals surface area contributed by atoms with Crippen molar-refractivity contribution in [3.63, 3.8) is 0 Å². The molecule has 0 spiro atoms. The number of thioether (sulfide) groups is 1. The molecule has 0 aromatic carbocycles. The van der Waals surface area contributed by atoms with Crippen LogP contribution in [0.1, 0.15) is 52.4 Å². The lowest BCUT2D eigenvalue weighted by Crippen LogP contribution is -2.58. The molecule has 0 bridgehead atoms. The molecule has 0 aromatic heterocycles. The SMILES string of the molecule is CCC(C)C(NC(=O)C(CCSC)NC(=O)C(CC(=O)O)NC(=O)C(N)CCCCN)C(=O)O. The minimum Gasteiger partial charge on any atom is -0.481 e. The molecule has 0 aliphatic rings. The Morgan fingerprint density at radius 1 is 0.912 bits per heavy atom. The molecule has 0 aliphatic carbocycles. The Hall–Kier alpha value is -2.38. The van der Waals surface area contributed by atoms with Crippen LogP contribution in [-0.4, -0.2) is 82.6 Å². The lowest BCUT2D eigenvalue weighted by Gasteiger charge is -2.26. The topological polar surface area (TPSA) is 214 Å². The minimum absolute atomic E-state index is 0.178. The molecular formula is C21H39N5O7S. The fraction of sp³-hybridized carbons (Fsp3) is 0.762. The summed E-state index contributed by atoms with van der Waals surface area (Å²) in [5, 5.41) is 25.9.